The molecule has 0 atom stereocenters. The van der Waals surface area contributed by atoms with Gasteiger partial charge in [-0.25, -0.2) is 0 Å². The molecule has 4 aromatic rings. The maximum Gasteiger partial charge on any atom is 0.119 e. The minimum Gasteiger partial charge on any atom is -0.494 e. The van der Waals surface area contributed by atoms with Gasteiger partial charge in [-0.15, -0.1) is 0 Å². The van der Waals surface area contributed by atoms with E-state index in [0.717, 1.165) is 72.1 Å². The summed E-state index contributed by atoms with van der Waals surface area (Å²) in [7, 11) is 0. The van der Waals surface area contributed by atoms with E-state index in [0.29, 0.717) is 0 Å². The highest BCUT2D eigenvalue weighted by molar-refractivity contribution is 8.03. The van der Waals surface area contributed by atoms with E-state index in [4.69, 9.17) is 9.47 Å². The van der Waals surface area contributed by atoms with Crippen molar-refractivity contribution in [3.63, 3.8) is 0 Å². The molecule has 1 aliphatic carbocycles. The molecule has 0 N–H and O–H groups in total. The smallest absolute Gasteiger partial charge is 0.119 e. The maximum atomic E-state index is 6.20. The first-order chi connectivity index (χ1) is 23.3. The summed E-state index contributed by atoms with van der Waals surface area (Å²) in [4.78, 5) is 0. The van der Waals surface area contributed by atoms with E-state index in [9.17, 15) is 0 Å². The Bertz CT molecular complexity index is 1360. The lowest BCUT2D eigenvalue weighted by Gasteiger charge is -2.34. The first-order valence-electron chi connectivity index (χ1n) is 16.5. The van der Waals surface area contributed by atoms with Crippen molar-refractivity contribution in [3.05, 3.63) is 119 Å². The highest BCUT2D eigenvalue weighted by Gasteiger charge is 2.45. The molecule has 250 valence electrons. The van der Waals surface area contributed by atoms with E-state index in [1.54, 1.807) is 0 Å². The van der Waals surface area contributed by atoms with E-state index < -0.39 is 5.41 Å². The van der Waals surface area contributed by atoms with Crippen molar-refractivity contribution >= 4 is 72.3 Å². The molecule has 0 radical (unpaired) electrons. The zero-order valence-electron chi connectivity index (χ0n) is 27.0. The van der Waals surface area contributed by atoms with Gasteiger partial charge in [0.05, 0.1) is 18.6 Å². The molecule has 0 spiro atoms. The normalized spacial score (nSPS) is 12.9. The third-order valence-electron chi connectivity index (χ3n) is 8.15. The molecule has 0 bridgehead atoms. The second kappa shape index (κ2) is 20.3. The molecular weight excluding hydrogens is 693 g/mol. The molecule has 0 amide bonds. The first-order valence-corrected chi connectivity index (χ1v) is 22.4. The minimum absolute atomic E-state index is 0.423. The standard InChI is InChI=1S/C39H46O2S6/c42-21-25-46-29-27-44-23-5-19-40-33-15-11-31(12-16-33)39(37-9-3-1-7-35(37)36-8-2-4-10-38(36)39)32-13-17-34(18-14-32)41-20-6-24-45-28-30-47-26-22-43/h1-4,7-18,42-43H,5-6,19-30H2. The second-order valence-corrected chi connectivity index (χ2v) is 17.0. The zero-order valence-corrected chi connectivity index (χ0v) is 32.0. The Morgan fingerprint density at radius 1 is 0.447 bits per heavy atom. The van der Waals surface area contributed by atoms with E-state index in [-0.39, 0.29) is 0 Å². The molecule has 1 aliphatic rings. The summed E-state index contributed by atoms with van der Waals surface area (Å²) < 4.78 is 12.4. The summed E-state index contributed by atoms with van der Waals surface area (Å²) in [5.74, 6) is 13.1. The van der Waals surface area contributed by atoms with Gasteiger partial charge in [-0.05, 0) is 93.5 Å². The van der Waals surface area contributed by atoms with Crippen LogP contribution in [0.15, 0.2) is 97.1 Å². The van der Waals surface area contributed by atoms with Crippen molar-refractivity contribution in [2.45, 2.75) is 18.3 Å². The number of hydrogen-bond acceptors (Lipinski definition) is 8. The summed E-state index contributed by atoms with van der Waals surface area (Å²) in [6, 6.07) is 35.4. The van der Waals surface area contributed by atoms with Crippen LogP contribution in [-0.2, 0) is 5.41 Å². The molecule has 0 unspecified atom stereocenters. The third kappa shape index (κ3) is 9.85. The number of ether oxygens (including phenoxy) is 2. The van der Waals surface area contributed by atoms with Crippen LogP contribution in [0.25, 0.3) is 11.1 Å². The molecule has 0 fully saturated rings. The fourth-order valence-electron chi connectivity index (χ4n) is 6.10. The van der Waals surface area contributed by atoms with Crippen molar-refractivity contribution in [2.24, 2.45) is 0 Å². The van der Waals surface area contributed by atoms with E-state index in [2.05, 4.69) is 122 Å². The fourth-order valence-corrected chi connectivity index (χ4v) is 10.5. The van der Waals surface area contributed by atoms with Crippen LogP contribution in [0.2, 0.25) is 0 Å². The van der Waals surface area contributed by atoms with Crippen LogP contribution >= 0.6 is 72.3 Å². The summed E-state index contributed by atoms with van der Waals surface area (Å²) >= 11 is 16.6. The predicted octanol–water partition coefficient (Wildman–Crippen LogP) is 10.4. The number of hydrogen-bond donors (Lipinski definition) is 2. The lowest BCUT2D eigenvalue weighted by molar-refractivity contribution is 0.318. The quantitative estimate of drug-likeness (QED) is 0.0540. The molecule has 0 aliphatic heterocycles. The van der Waals surface area contributed by atoms with Gasteiger partial charge in [-0.3, -0.25) is 0 Å². The number of thiol groups is 2. The number of thioether (sulfide) groups is 4. The fraction of sp³-hybridized carbons (Fsp3) is 0.385. The number of benzene rings is 4. The minimum atomic E-state index is -0.423. The summed E-state index contributed by atoms with van der Waals surface area (Å²) in [5, 5.41) is 0. The highest BCUT2D eigenvalue weighted by Crippen LogP contribution is 2.56. The van der Waals surface area contributed by atoms with Gasteiger partial charge in [0, 0.05) is 34.5 Å². The molecule has 0 aromatic heterocycles. The van der Waals surface area contributed by atoms with Crippen LogP contribution in [0, 0.1) is 0 Å². The number of fused-ring (bicyclic) bond motifs is 3. The van der Waals surface area contributed by atoms with Crippen LogP contribution in [0.4, 0.5) is 0 Å². The van der Waals surface area contributed by atoms with Crippen molar-refractivity contribution in [3.8, 4) is 22.6 Å². The zero-order chi connectivity index (χ0) is 32.6. The average Bonchev–Trinajstić information content (AvgIpc) is 3.42. The van der Waals surface area contributed by atoms with Gasteiger partial charge in [0.2, 0.25) is 0 Å². The Morgan fingerprint density at radius 2 is 0.830 bits per heavy atom. The molecule has 0 saturated carbocycles. The molecule has 47 heavy (non-hydrogen) atoms. The Balaban J connectivity index is 1.28. The van der Waals surface area contributed by atoms with Gasteiger partial charge in [0.1, 0.15) is 11.5 Å². The van der Waals surface area contributed by atoms with Gasteiger partial charge in [0.15, 0.2) is 0 Å². The summed E-state index contributed by atoms with van der Waals surface area (Å²) in [6.45, 7) is 1.48. The van der Waals surface area contributed by atoms with Gasteiger partial charge >= 0.3 is 0 Å². The lowest BCUT2D eigenvalue weighted by atomic mass is 9.68. The first kappa shape index (κ1) is 36.9. The Hall–Kier alpha value is -1.42. The largest absolute Gasteiger partial charge is 0.494 e. The molecule has 5 rings (SSSR count). The average molecular weight is 739 g/mol. The van der Waals surface area contributed by atoms with E-state index in [1.807, 2.05) is 47.0 Å². The molecule has 8 heteroatoms. The Kier molecular flexibility index (Phi) is 15.9. The highest BCUT2D eigenvalue weighted by atomic mass is 32.2. The SMILES string of the molecule is SCCSCCSCCCOc1ccc(C2(c3ccc(OCCCSCCSCCS)cc3)c3ccccc3-c3ccccc32)cc1. The molecular formula is C39H46O2S6. The summed E-state index contributed by atoms with van der Waals surface area (Å²) in [5.41, 5.74) is 7.30. The van der Waals surface area contributed by atoms with Crippen LogP contribution in [-0.4, -0.2) is 70.7 Å². The van der Waals surface area contributed by atoms with Crippen molar-refractivity contribution in [1.29, 1.82) is 0 Å². The Labute approximate surface area is 310 Å². The molecule has 4 aromatic carbocycles. The van der Waals surface area contributed by atoms with Crippen LogP contribution < -0.4 is 9.47 Å². The van der Waals surface area contributed by atoms with Crippen molar-refractivity contribution < 1.29 is 9.47 Å². The summed E-state index contributed by atoms with van der Waals surface area (Å²) in [6.07, 6.45) is 2.11. The van der Waals surface area contributed by atoms with Gasteiger partial charge < -0.3 is 9.47 Å². The number of rotatable bonds is 22. The molecule has 0 saturated heterocycles. The second-order valence-electron chi connectivity index (χ2n) is 11.2. The lowest BCUT2D eigenvalue weighted by Crippen LogP contribution is -2.28. The van der Waals surface area contributed by atoms with Gasteiger partial charge in [-0.1, -0.05) is 72.8 Å². The molecule has 0 heterocycles. The van der Waals surface area contributed by atoms with Gasteiger partial charge in [-0.2, -0.15) is 72.3 Å². The predicted molar refractivity (Wildman–Crippen MR) is 221 cm³/mol. The van der Waals surface area contributed by atoms with Gasteiger partial charge in [0.25, 0.3) is 0 Å². The monoisotopic (exact) mass is 738 g/mol. The van der Waals surface area contributed by atoms with Crippen molar-refractivity contribution in [1.82, 2.24) is 0 Å². The topological polar surface area (TPSA) is 18.5 Å². The maximum absolute atomic E-state index is 6.20. The van der Waals surface area contributed by atoms with E-state index >= 15 is 0 Å². The van der Waals surface area contributed by atoms with Crippen molar-refractivity contribution in [2.75, 3.05) is 70.7 Å². The van der Waals surface area contributed by atoms with Crippen LogP contribution in [0.3, 0.4) is 0 Å². The van der Waals surface area contributed by atoms with E-state index in [1.165, 1.54) is 56.4 Å². The molecule has 2 nitrogen and oxygen atoms in total. The van der Waals surface area contributed by atoms with Crippen LogP contribution in [0.5, 0.6) is 11.5 Å². The Morgan fingerprint density at radius 3 is 1.23 bits per heavy atom. The third-order valence-corrected chi connectivity index (χ3v) is 13.8. The van der Waals surface area contributed by atoms with Crippen LogP contribution in [0.1, 0.15) is 35.1 Å².